The number of carbonyl (C=O) groups excluding carboxylic acids is 1. The van der Waals surface area contributed by atoms with Crippen molar-refractivity contribution in [1.29, 1.82) is 0 Å². The lowest BCUT2D eigenvalue weighted by Gasteiger charge is -2.21. The molecule has 70 valence electrons. The maximum atomic E-state index is 11.1. The highest BCUT2D eigenvalue weighted by Crippen LogP contribution is 2.12. The molecule has 1 aliphatic heterocycles. The molecule has 1 heterocycles. The van der Waals surface area contributed by atoms with Crippen LogP contribution in [0.4, 0.5) is 0 Å². The predicted molar refractivity (Wildman–Crippen MR) is 43.7 cm³/mol. The van der Waals surface area contributed by atoms with Crippen molar-refractivity contribution >= 4 is 5.97 Å². The molecule has 0 aliphatic carbocycles. The van der Waals surface area contributed by atoms with E-state index in [9.17, 15) is 4.79 Å². The summed E-state index contributed by atoms with van der Waals surface area (Å²) >= 11 is 0. The SMILES string of the molecule is C[C@@H](O)CN(C)C1CCOC1=O. The van der Waals surface area contributed by atoms with E-state index in [0.717, 1.165) is 6.42 Å². The van der Waals surface area contributed by atoms with Crippen LogP contribution < -0.4 is 0 Å². The summed E-state index contributed by atoms with van der Waals surface area (Å²) in [7, 11) is 1.82. The number of aliphatic hydroxyl groups is 1. The van der Waals surface area contributed by atoms with Crippen LogP contribution >= 0.6 is 0 Å². The fourth-order valence-electron chi connectivity index (χ4n) is 1.43. The largest absolute Gasteiger partial charge is 0.464 e. The standard InChI is InChI=1S/C8H15NO3/c1-6(10)5-9(2)7-3-4-12-8(7)11/h6-7,10H,3-5H2,1-2H3/t6-,7?/m1/s1. The van der Waals surface area contributed by atoms with Crippen LogP contribution in [0.25, 0.3) is 0 Å². The average molecular weight is 173 g/mol. The van der Waals surface area contributed by atoms with E-state index < -0.39 is 6.10 Å². The molecule has 0 radical (unpaired) electrons. The van der Waals surface area contributed by atoms with Crippen LogP contribution in [-0.4, -0.2) is 48.3 Å². The van der Waals surface area contributed by atoms with Gasteiger partial charge in [-0.25, -0.2) is 0 Å². The average Bonchev–Trinajstić information content (AvgIpc) is 2.33. The molecule has 1 unspecified atom stereocenters. The molecule has 12 heavy (non-hydrogen) atoms. The van der Waals surface area contributed by atoms with Gasteiger partial charge in [-0.1, -0.05) is 0 Å². The van der Waals surface area contributed by atoms with E-state index in [1.54, 1.807) is 6.92 Å². The number of carbonyl (C=O) groups is 1. The quantitative estimate of drug-likeness (QED) is 0.591. The number of nitrogens with zero attached hydrogens (tertiary/aromatic N) is 1. The number of cyclic esters (lactones) is 1. The highest BCUT2D eigenvalue weighted by Gasteiger charge is 2.30. The Morgan fingerprint density at radius 2 is 2.50 bits per heavy atom. The maximum absolute atomic E-state index is 11.1. The normalized spacial score (nSPS) is 26.0. The van der Waals surface area contributed by atoms with Gasteiger partial charge in [-0.2, -0.15) is 0 Å². The molecular formula is C8H15NO3. The Morgan fingerprint density at radius 1 is 1.83 bits per heavy atom. The summed E-state index contributed by atoms with van der Waals surface area (Å²) in [5.74, 6) is -0.168. The molecule has 1 fully saturated rings. The van der Waals surface area contributed by atoms with Crippen LogP contribution in [0.5, 0.6) is 0 Å². The molecule has 0 amide bonds. The molecule has 2 atom stereocenters. The number of rotatable bonds is 3. The third-order valence-electron chi connectivity index (χ3n) is 1.99. The molecule has 0 bridgehead atoms. The molecule has 0 aromatic carbocycles. The second-order valence-corrected chi connectivity index (χ2v) is 3.26. The zero-order valence-corrected chi connectivity index (χ0v) is 7.49. The van der Waals surface area contributed by atoms with Crippen LogP contribution in [0.2, 0.25) is 0 Å². The fourth-order valence-corrected chi connectivity index (χ4v) is 1.43. The molecule has 4 heteroatoms. The van der Waals surface area contributed by atoms with Crippen molar-refractivity contribution in [2.24, 2.45) is 0 Å². The minimum atomic E-state index is -0.400. The van der Waals surface area contributed by atoms with Gasteiger partial charge >= 0.3 is 5.97 Å². The van der Waals surface area contributed by atoms with Crippen molar-refractivity contribution in [3.63, 3.8) is 0 Å². The van der Waals surface area contributed by atoms with Crippen LogP contribution in [0.3, 0.4) is 0 Å². The van der Waals surface area contributed by atoms with E-state index in [-0.39, 0.29) is 12.0 Å². The van der Waals surface area contributed by atoms with Gasteiger partial charge in [-0.15, -0.1) is 0 Å². The lowest BCUT2D eigenvalue weighted by atomic mass is 10.2. The minimum Gasteiger partial charge on any atom is -0.464 e. The first-order chi connectivity index (χ1) is 5.61. The zero-order valence-electron chi connectivity index (χ0n) is 7.49. The Hall–Kier alpha value is -0.610. The van der Waals surface area contributed by atoms with Crippen molar-refractivity contribution < 1.29 is 14.6 Å². The van der Waals surface area contributed by atoms with Gasteiger partial charge in [0.25, 0.3) is 0 Å². The van der Waals surface area contributed by atoms with Crippen molar-refractivity contribution in [3.8, 4) is 0 Å². The van der Waals surface area contributed by atoms with Crippen LogP contribution in [-0.2, 0) is 9.53 Å². The van der Waals surface area contributed by atoms with Crippen molar-refractivity contribution in [3.05, 3.63) is 0 Å². The van der Waals surface area contributed by atoms with E-state index in [2.05, 4.69) is 0 Å². The van der Waals surface area contributed by atoms with Gasteiger partial charge in [0.05, 0.1) is 12.7 Å². The van der Waals surface area contributed by atoms with Gasteiger partial charge in [0.2, 0.25) is 0 Å². The summed E-state index contributed by atoms with van der Waals surface area (Å²) in [4.78, 5) is 12.9. The minimum absolute atomic E-state index is 0.153. The summed E-state index contributed by atoms with van der Waals surface area (Å²) in [6.45, 7) is 2.73. The molecule has 0 aromatic rings. The Morgan fingerprint density at radius 3 is 2.92 bits per heavy atom. The van der Waals surface area contributed by atoms with E-state index in [0.29, 0.717) is 13.2 Å². The van der Waals surface area contributed by atoms with Crippen LogP contribution in [0.1, 0.15) is 13.3 Å². The molecule has 1 rings (SSSR count). The third-order valence-corrected chi connectivity index (χ3v) is 1.99. The zero-order chi connectivity index (χ0) is 9.14. The van der Waals surface area contributed by atoms with Gasteiger partial charge in [-0.05, 0) is 14.0 Å². The second kappa shape index (κ2) is 3.87. The summed E-state index contributed by atoms with van der Waals surface area (Å²) < 4.78 is 4.81. The molecule has 0 saturated carbocycles. The van der Waals surface area contributed by atoms with E-state index in [4.69, 9.17) is 9.84 Å². The van der Waals surface area contributed by atoms with Gasteiger partial charge in [0, 0.05) is 13.0 Å². The molecule has 1 aliphatic rings. The summed E-state index contributed by atoms with van der Waals surface area (Å²) in [6.07, 6.45) is 0.339. The van der Waals surface area contributed by atoms with Crippen molar-refractivity contribution in [2.45, 2.75) is 25.5 Å². The maximum Gasteiger partial charge on any atom is 0.323 e. The number of ether oxygens (including phenoxy) is 1. The smallest absolute Gasteiger partial charge is 0.323 e. The molecule has 0 aromatic heterocycles. The number of hydrogen-bond donors (Lipinski definition) is 1. The summed E-state index contributed by atoms with van der Waals surface area (Å²) in [5.41, 5.74) is 0. The highest BCUT2D eigenvalue weighted by molar-refractivity contribution is 5.77. The summed E-state index contributed by atoms with van der Waals surface area (Å²) in [5, 5.41) is 9.08. The monoisotopic (exact) mass is 173 g/mol. The first-order valence-corrected chi connectivity index (χ1v) is 4.16. The number of likely N-dealkylation sites (N-methyl/N-ethyl adjacent to an activating group) is 1. The molecule has 0 spiro atoms. The second-order valence-electron chi connectivity index (χ2n) is 3.26. The lowest BCUT2D eigenvalue weighted by molar-refractivity contribution is -0.142. The van der Waals surface area contributed by atoms with E-state index >= 15 is 0 Å². The Bertz CT molecular complexity index is 170. The number of aliphatic hydroxyl groups excluding tert-OH is 1. The van der Waals surface area contributed by atoms with Crippen molar-refractivity contribution in [2.75, 3.05) is 20.2 Å². The molecule has 1 saturated heterocycles. The molecule has 4 nitrogen and oxygen atoms in total. The van der Waals surface area contributed by atoms with Gasteiger partial charge in [0.15, 0.2) is 0 Å². The predicted octanol–water partition coefficient (Wildman–Crippen LogP) is -0.386. The summed E-state index contributed by atoms with van der Waals surface area (Å²) in [6, 6.07) is -0.153. The van der Waals surface area contributed by atoms with Gasteiger partial charge < -0.3 is 9.84 Å². The van der Waals surface area contributed by atoms with Gasteiger partial charge in [0.1, 0.15) is 6.04 Å². The lowest BCUT2D eigenvalue weighted by Crippen LogP contribution is -2.39. The van der Waals surface area contributed by atoms with Crippen molar-refractivity contribution in [1.82, 2.24) is 4.90 Å². The third kappa shape index (κ3) is 2.19. The Balaban J connectivity index is 2.40. The van der Waals surface area contributed by atoms with E-state index in [1.165, 1.54) is 0 Å². The Labute approximate surface area is 72.1 Å². The molecule has 1 N–H and O–H groups in total. The highest BCUT2D eigenvalue weighted by atomic mass is 16.5. The number of hydrogen-bond acceptors (Lipinski definition) is 4. The first kappa shape index (κ1) is 9.48. The fraction of sp³-hybridized carbons (Fsp3) is 0.875. The van der Waals surface area contributed by atoms with Gasteiger partial charge in [-0.3, -0.25) is 9.69 Å². The van der Waals surface area contributed by atoms with E-state index in [1.807, 2.05) is 11.9 Å². The molecular weight excluding hydrogens is 158 g/mol. The van der Waals surface area contributed by atoms with Crippen LogP contribution in [0, 0.1) is 0 Å². The first-order valence-electron chi connectivity index (χ1n) is 4.16. The Kier molecular flexibility index (Phi) is 3.05. The number of esters is 1. The van der Waals surface area contributed by atoms with Crippen LogP contribution in [0.15, 0.2) is 0 Å². The topological polar surface area (TPSA) is 49.8 Å².